The molecular weight excluding hydrogens is 996 g/mol. The highest BCUT2D eigenvalue weighted by molar-refractivity contribution is 8.13. The molecule has 4 aliphatic heterocycles. The molecule has 0 unspecified atom stereocenters. The minimum Gasteiger partial charge on any atom is -0.395 e. The van der Waals surface area contributed by atoms with Crippen LogP contribution in [0.25, 0.3) is 66.6 Å². The summed E-state index contributed by atoms with van der Waals surface area (Å²) in [4.78, 5) is 15.3. The highest BCUT2D eigenvalue weighted by atomic mass is 35.7. The van der Waals surface area contributed by atoms with Crippen molar-refractivity contribution < 1.29 is 53.3 Å². The Bertz CT molecular complexity index is 3510. The number of piperidine rings is 2. The first kappa shape index (κ1) is 47.9. The van der Waals surface area contributed by atoms with Crippen LogP contribution in [0.15, 0.2) is 98.1 Å². The lowest BCUT2D eigenvalue weighted by atomic mass is 10.0. The van der Waals surface area contributed by atoms with Crippen LogP contribution in [-0.4, -0.2) is 112 Å². The van der Waals surface area contributed by atoms with Gasteiger partial charge in [0, 0.05) is 105 Å². The molecule has 4 aliphatic rings. The number of H-pyrrole nitrogens is 2. The van der Waals surface area contributed by atoms with E-state index < -0.39 is 31.7 Å². The van der Waals surface area contributed by atoms with Crippen molar-refractivity contribution in [3.63, 3.8) is 0 Å². The number of rotatable bonds is 7. The molecule has 372 valence electrons. The summed E-state index contributed by atoms with van der Waals surface area (Å²) in [6.45, 7) is 2.95. The van der Waals surface area contributed by atoms with Crippen LogP contribution in [-0.2, 0) is 19.1 Å². The second-order valence-corrected chi connectivity index (χ2v) is 22.3. The predicted molar refractivity (Wildman–Crippen MR) is 254 cm³/mol. The zero-order valence-corrected chi connectivity index (χ0v) is 40.0. The van der Waals surface area contributed by atoms with Crippen molar-refractivity contribution in [1.29, 1.82) is 0 Å². The smallest absolute Gasteiger partial charge is 0.395 e. The van der Waals surface area contributed by atoms with Crippen LogP contribution < -0.4 is 24.3 Å². The molecule has 0 amide bonds. The zero-order valence-electron chi connectivity index (χ0n) is 37.7. The number of fused-ring (bicyclic) bond motifs is 4. The van der Waals surface area contributed by atoms with E-state index in [9.17, 15) is 34.4 Å². The molecule has 6 aromatic heterocycles. The van der Waals surface area contributed by atoms with Crippen molar-refractivity contribution >= 4 is 51.8 Å². The molecule has 0 radical (unpaired) electrons. The van der Waals surface area contributed by atoms with E-state index in [1.54, 1.807) is 36.8 Å². The van der Waals surface area contributed by atoms with Crippen LogP contribution in [0, 0.1) is 0 Å². The molecule has 10 heterocycles. The Kier molecular flexibility index (Phi) is 12.5. The number of hydrogen-bond acceptors (Lipinski definition) is 13. The molecule has 8 aromatic rings. The summed E-state index contributed by atoms with van der Waals surface area (Å²) in [5.41, 5.74) is 8.09. The number of hydrogen-bond donors (Lipinski definition) is 3. The van der Waals surface area contributed by atoms with Crippen molar-refractivity contribution in [2.45, 2.75) is 50.4 Å². The van der Waals surface area contributed by atoms with Gasteiger partial charge in [0.05, 0.1) is 37.0 Å². The maximum absolute atomic E-state index is 13.4. The monoisotopic (exact) mass is 1040 g/mol. The van der Waals surface area contributed by atoms with Crippen molar-refractivity contribution in [1.82, 2.24) is 49.1 Å². The third kappa shape index (κ3) is 10.7. The highest BCUT2D eigenvalue weighted by Gasteiger charge is 2.44. The van der Waals surface area contributed by atoms with E-state index in [-0.39, 0.29) is 29.0 Å². The van der Waals surface area contributed by atoms with Crippen LogP contribution >= 0.6 is 10.7 Å². The number of nitrogens with one attached hydrogen (secondary N) is 3. The predicted octanol–water partition coefficient (Wildman–Crippen LogP) is 8.54. The lowest BCUT2D eigenvalue weighted by Crippen LogP contribution is -2.38. The topological polar surface area (TPSA) is 213 Å². The van der Waals surface area contributed by atoms with Gasteiger partial charge in [-0.15, -0.1) is 17.6 Å². The third-order valence-electron chi connectivity index (χ3n) is 12.3. The molecule has 2 aromatic carbocycles. The van der Waals surface area contributed by atoms with Crippen molar-refractivity contribution in [2.24, 2.45) is 0 Å². The number of ether oxygens (including phenoxy) is 4. The van der Waals surface area contributed by atoms with Gasteiger partial charge in [-0.3, -0.25) is 9.36 Å². The van der Waals surface area contributed by atoms with Crippen LogP contribution in [0.5, 0.6) is 23.0 Å². The first-order valence-electron chi connectivity index (χ1n) is 22.1. The van der Waals surface area contributed by atoms with Gasteiger partial charge in [0.1, 0.15) is 11.3 Å². The molecule has 12 rings (SSSR count). The molecule has 0 spiro atoms. The summed E-state index contributed by atoms with van der Waals surface area (Å²) < 4.78 is 119. The maximum atomic E-state index is 13.4. The van der Waals surface area contributed by atoms with Gasteiger partial charge >= 0.3 is 12.6 Å². The van der Waals surface area contributed by atoms with Gasteiger partial charge < -0.3 is 34.2 Å². The molecule has 0 atom stereocenters. The number of benzene rings is 2. The van der Waals surface area contributed by atoms with E-state index in [0.29, 0.717) is 48.8 Å². The summed E-state index contributed by atoms with van der Waals surface area (Å²) >= 11 is 0. The Morgan fingerprint density at radius 2 is 1.01 bits per heavy atom. The normalized spacial score (nSPS) is 17.7. The lowest BCUT2D eigenvalue weighted by molar-refractivity contribution is -0.287. The maximum Gasteiger partial charge on any atom is 0.586 e. The first-order valence-corrected chi connectivity index (χ1v) is 26.7. The quantitative estimate of drug-likeness (QED) is 0.101. The number of alkyl halides is 4. The minimum atomic E-state index is -3.67. The molecule has 0 bridgehead atoms. The molecule has 71 heavy (non-hydrogen) atoms. The third-order valence-corrected chi connectivity index (χ3v) is 13.6. The average Bonchev–Trinajstić information content (AvgIpc) is 4.19. The van der Waals surface area contributed by atoms with Gasteiger partial charge in [0.2, 0.25) is 19.1 Å². The van der Waals surface area contributed by atoms with Crippen LogP contribution in [0.1, 0.15) is 37.8 Å². The summed E-state index contributed by atoms with van der Waals surface area (Å²) in [6, 6.07) is 14.0. The number of aromatic nitrogens is 8. The summed E-state index contributed by atoms with van der Waals surface area (Å²) in [5.74, 6) is 0.0169. The van der Waals surface area contributed by atoms with Crippen LogP contribution in [0.2, 0.25) is 0 Å². The summed E-state index contributed by atoms with van der Waals surface area (Å²) in [6.07, 6.45) is 13.1. The Labute approximate surface area is 407 Å². The van der Waals surface area contributed by atoms with Gasteiger partial charge in [-0.1, -0.05) is 12.1 Å². The molecule has 0 aliphatic carbocycles. The number of pyridine rings is 2. The van der Waals surface area contributed by atoms with E-state index in [1.807, 2.05) is 46.3 Å². The van der Waals surface area contributed by atoms with E-state index >= 15 is 0 Å². The molecule has 2 fully saturated rings. The standard InChI is InChI=1S/C23H21F2N5O4S.C22H19F2N5O2.CH3ClO2S/c1-35(31,32)29-6-4-17(5-7-29)30-13-16(11-28-30)15-8-18-19(12-27-22(18)26-10-15)14-2-3-20-21(9-14)34-23(24,25)33-20;23-22(24)30-19-2-1-13(8-20(19)31-22)18-11-27-21-17(18)7-14(9-26-21)15-10-28-29(12-15)16-3-5-25-6-4-16;1-5(2,3)4/h2-3,8-13,17H,4-7H2,1H3,(H,26,27);1-2,7-12,16,25H,3-6H2,(H,26,27);1H3. The van der Waals surface area contributed by atoms with Gasteiger partial charge in [-0.2, -0.15) is 10.2 Å². The fourth-order valence-electron chi connectivity index (χ4n) is 8.92. The number of nitrogens with zero attached hydrogens (tertiary/aromatic N) is 7. The Morgan fingerprint density at radius 3 is 1.45 bits per heavy atom. The Hall–Kier alpha value is -6.73. The largest absolute Gasteiger partial charge is 0.586 e. The lowest BCUT2D eigenvalue weighted by Gasteiger charge is -2.30. The second kappa shape index (κ2) is 18.5. The van der Waals surface area contributed by atoms with E-state index in [4.69, 9.17) is 0 Å². The van der Waals surface area contributed by atoms with Crippen LogP contribution in [0.4, 0.5) is 17.6 Å². The second-order valence-electron chi connectivity index (χ2n) is 17.3. The first-order chi connectivity index (χ1) is 33.7. The van der Waals surface area contributed by atoms with E-state index in [0.717, 1.165) is 81.9 Å². The minimum absolute atomic E-state index is 0.00723. The fourth-order valence-corrected chi connectivity index (χ4v) is 9.79. The molecule has 2 saturated heterocycles. The molecule has 0 saturated carbocycles. The summed E-state index contributed by atoms with van der Waals surface area (Å²) in [7, 11) is -1.87. The van der Waals surface area contributed by atoms with Gasteiger partial charge in [0.25, 0.3) is 0 Å². The van der Waals surface area contributed by atoms with Crippen molar-refractivity contribution in [3.8, 4) is 67.5 Å². The fraction of sp³-hybridized carbons (Fsp3) is 0.304. The Balaban J connectivity index is 0.000000151. The molecule has 18 nitrogen and oxygen atoms in total. The average molecular weight is 1040 g/mol. The van der Waals surface area contributed by atoms with Gasteiger partial charge in [0.15, 0.2) is 23.0 Å². The van der Waals surface area contributed by atoms with Crippen LogP contribution in [0.3, 0.4) is 0 Å². The Morgan fingerprint density at radius 1 is 0.592 bits per heavy atom. The summed E-state index contributed by atoms with van der Waals surface area (Å²) in [5, 5.41) is 14.2. The van der Waals surface area contributed by atoms with Crippen molar-refractivity contribution in [3.05, 3.63) is 98.1 Å². The van der Waals surface area contributed by atoms with Gasteiger partial charge in [-0.05, 0) is 86.3 Å². The number of halogens is 5. The highest BCUT2D eigenvalue weighted by Crippen LogP contribution is 2.45. The zero-order chi connectivity index (χ0) is 49.9. The van der Waals surface area contributed by atoms with E-state index in [2.05, 4.69) is 71.3 Å². The SMILES string of the molecule is CS(=O)(=O)Cl.CS(=O)(=O)N1CCC(n2cc(-c3cnc4[nH]cc(-c5ccc6c(c5)OC(F)(F)O6)c4c3)cn2)CC1.FC1(F)Oc2ccc(-c3c[nH]c4ncc(-c5cnn(C6CCNCC6)c5)cc34)cc2O1. The molecule has 3 N–H and O–H groups in total. The van der Waals surface area contributed by atoms with E-state index in [1.165, 1.54) is 28.8 Å². The number of sulfonamides is 1. The van der Waals surface area contributed by atoms with Gasteiger partial charge in [-0.25, -0.2) is 31.1 Å². The molecular formula is C46H43ClF4N10O8S2. The number of aromatic amines is 2. The van der Waals surface area contributed by atoms with Crippen molar-refractivity contribution in [2.75, 3.05) is 38.7 Å². The molecule has 25 heteroatoms.